The molecule has 1 N–H and O–H groups in total. The quantitative estimate of drug-likeness (QED) is 0.572. The first-order valence-electron chi connectivity index (χ1n) is 9.00. The number of para-hydroxylation sites is 2. The van der Waals surface area contributed by atoms with E-state index in [0.29, 0.717) is 5.92 Å². The van der Waals surface area contributed by atoms with Crippen LogP contribution in [0.5, 0.6) is 0 Å². The Morgan fingerprint density at radius 3 is 2.81 bits per heavy atom. The summed E-state index contributed by atoms with van der Waals surface area (Å²) in [5.41, 5.74) is 3.12. The van der Waals surface area contributed by atoms with E-state index in [1.807, 2.05) is 24.3 Å². The lowest BCUT2D eigenvalue weighted by atomic mass is 9.97. The number of H-pyrrole nitrogens is 1. The summed E-state index contributed by atoms with van der Waals surface area (Å²) >= 11 is 1.75. The first kappa shape index (κ1) is 15.8. The van der Waals surface area contributed by atoms with Crippen LogP contribution in [0.2, 0.25) is 0 Å². The highest BCUT2D eigenvalue weighted by Gasteiger charge is 2.24. The average molecular weight is 364 g/mol. The molecule has 0 atom stereocenters. The van der Waals surface area contributed by atoms with Gasteiger partial charge in [0.05, 0.1) is 28.8 Å². The van der Waals surface area contributed by atoms with Crippen molar-refractivity contribution in [3.8, 4) is 11.5 Å². The van der Waals surface area contributed by atoms with E-state index in [1.54, 1.807) is 17.6 Å². The predicted octanol–water partition coefficient (Wildman–Crippen LogP) is 4.66. The number of nitrogens with one attached hydrogen (secondary N) is 1. The average Bonchev–Trinajstić information content (AvgIpc) is 3.41. The van der Waals surface area contributed by atoms with Crippen LogP contribution in [0.4, 0.5) is 0 Å². The van der Waals surface area contributed by atoms with E-state index in [1.165, 1.54) is 5.01 Å². The first-order chi connectivity index (χ1) is 12.8. The number of aromatic amines is 1. The molecule has 1 fully saturated rings. The molecule has 0 amide bonds. The number of hydrogen-bond donors (Lipinski definition) is 1. The standard InChI is InChI=1S/C20H20N4OS/c1-2-5-16-15(4-1)21-19(22-16)12-24-9-7-14(8-10-24)20-23-17(13-26-20)18-6-3-11-25-18/h1-6,11,13-14H,7-10,12H2,(H,21,22). The van der Waals surface area contributed by atoms with Gasteiger partial charge in [0.25, 0.3) is 0 Å². The lowest BCUT2D eigenvalue weighted by Crippen LogP contribution is -2.32. The summed E-state index contributed by atoms with van der Waals surface area (Å²) in [5, 5.41) is 3.34. The number of piperidine rings is 1. The monoisotopic (exact) mass is 364 g/mol. The molecule has 1 saturated heterocycles. The number of hydrogen-bond acceptors (Lipinski definition) is 5. The van der Waals surface area contributed by atoms with Crippen molar-refractivity contribution < 1.29 is 4.42 Å². The molecule has 0 bridgehead atoms. The molecule has 132 valence electrons. The van der Waals surface area contributed by atoms with Gasteiger partial charge in [-0.15, -0.1) is 11.3 Å². The van der Waals surface area contributed by atoms with Crippen LogP contribution in [-0.2, 0) is 6.54 Å². The number of thiazole rings is 1. The molecule has 4 aromatic rings. The first-order valence-corrected chi connectivity index (χ1v) is 9.88. The smallest absolute Gasteiger partial charge is 0.153 e. The Balaban J connectivity index is 1.22. The SMILES string of the molecule is c1coc(-c2csc(C3CCN(Cc4nc5ccccc5[nH]4)CC3)n2)c1. The maximum atomic E-state index is 5.45. The second kappa shape index (κ2) is 6.70. The van der Waals surface area contributed by atoms with E-state index in [2.05, 4.69) is 27.4 Å². The second-order valence-electron chi connectivity index (χ2n) is 6.80. The normalized spacial score (nSPS) is 16.5. The van der Waals surface area contributed by atoms with Gasteiger partial charge >= 0.3 is 0 Å². The predicted molar refractivity (Wildman–Crippen MR) is 103 cm³/mol. The van der Waals surface area contributed by atoms with Gasteiger partial charge in [-0.1, -0.05) is 12.1 Å². The van der Waals surface area contributed by atoms with Gasteiger partial charge in [0.2, 0.25) is 0 Å². The summed E-state index contributed by atoms with van der Waals surface area (Å²) < 4.78 is 5.45. The van der Waals surface area contributed by atoms with Crippen LogP contribution in [-0.4, -0.2) is 32.9 Å². The Kier molecular flexibility index (Phi) is 4.07. The van der Waals surface area contributed by atoms with Gasteiger partial charge in [-0.05, 0) is 50.2 Å². The van der Waals surface area contributed by atoms with Gasteiger partial charge in [0, 0.05) is 11.3 Å². The molecule has 1 aliphatic heterocycles. The number of furan rings is 1. The highest BCUT2D eigenvalue weighted by Crippen LogP contribution is 2.33. The van der Waals surface area contributed by atoms with Crippen molar-refractivity contribution >= 4 is 22.4 Å². The van der Waals surface area contributed by atoms with Crippen molar-refractivity contribution in [3.05, 3.63) is 58.9 Å². The topological polar surface area (TPSA) is 58.0 Å². The number of aromatic nitrogens is 3. The molecular weight excluding hydrogens is 344 g/mol. The molecule has 0 radical (unpaired) electrons. The van der Waals surface area contributed by atoms with Crippen LogP contribution < -0.4 is 0 Å². The third kappa shape index (κ3) is 3.06. The van der Waals surface area contributed by atoms with Crippen LogP contribution in [0, 0.1) is 0 Å². The summed E-state index contributed by atoms with van der Waals surface area (Å²) in [6.45, 7) is 3.05. The van der Waals surface area contributed by atoms with E-state index >= 15 is 0 Å². The van der Waals surface area contributed by atoms with Gasteiger partial charge in [0.1, 0.15) is 11.5 Å². The molecule has 3 aromatic heterocycles. The molecule has 4 heterocycles. The minimum Gasteiger partial charge on any atom is -0.463 e. The second-order valence-corrected chi connectivity index (χ2v) is 7.69. The van der Waals surface area contributed by atoms with Crippen molar-refractivity contribution in [2.45, 2.75) is 25.3 Å². The summed E-state index contributed by atoms with van der Waals surface area (Å²) in [6.07, 6.45) is 3.99. The Bertz CT molecular complexity index is 963. The molecule has 5 nitrogen and oxygen atoms in total. The zero-order valence-corrected chi connectivity index (χ0v) is 15.2. The number of benzene rings is 1. The molecule has 0 saturated carbocycles. The Hall–Kier alpha value is -2.44. The third-order valence-corrected chi connectivity index (χ3v) is 6.05. The molecule has 5 rings (SSSR count). The molecule has 6 heteroatoms. The molecule has 1 aliphatic rings. The van der Waals surface area contributed by atoms with E-state index < -0.39 is 0 Å². The fourth-order valence-corrected chi connectivity index (χ4v) is 4.62. The fraction of sp³-hybridized carbons (Fsp3) is 0.300. The van der Waals surface area contributed by atoms with Crippen molar-refractivity contribution in [3.63, 3.8) is 0 Å². The van der Waals surface area contributed by atoms with E-state index in [9.17, 15) is 0 Å². The molecular formula is C20H20N4OS. The van der Waals surface area contributed by atoms with Crippen molar-refractivity contribution in [1.82, 2.24) is 19.9 Å². The maximum absolute atomic E-state index is 5.45. The minimum absolute atomic E-state index is 0.552. The van der Waals surface area contributed by atoms with E-state index in [0.717, 1.165) is 60.8 Å². The Labute approximate surface area is 155 Å². The van der Waals surface area contributed by atoms with Crippen molar-refractivity contribution in [1.29, 1.82) is 0 Å². The maximum Gasteiger partial charge on any atom is 0.153 e. The zero-order valence-electron chi connectivity index (χ0n) is 14.4. The highest BCUT2D eigenvalue weighted by atomic mass is 32.1. The Morgan fingerprint density at radius 1 is 1.12 bits per heavy atom. The zero-order chi connectivity index (χ0) is 17.3. The van der Waals surface area contributed by atoms with Crippen LogP contribution in [0.3, 0.4) is 0 Å². The number of nitrogens with zero attached hydrogens (tertiary/aromatic N) is 3. The Morgan fingerprint density at radius 2 is 2.00 bits per heavy atom. The van der Waals surface area contributed by atoms with Gasteiger partial charge in [-0.25, -0.2) is 9.97 Å². The van der Waals surface area contributed by atoms with Crippen LogP contribution in [0.1, 0.15) is 29.6 Å². The number of imidazole rings is 1. The molecule has 0 spiro atoms. The molecule has 0 aliphatic carbocycles. The lowest BCUT2D eigenvalue weighted by Gasteiger charge is -2.30. The fourth-order valence-electron chi connectivity index (χ4n) is 3.64. The molecule has 26 heavy (non-hydrogen) atoms. The highest BCUT2D eigenvalue weighted by molar-refractivity contribution is 7.10. The van der Waals surface area contributed by atoms with E-state index in [-0.39, 0.29) is 0 Å². The number of likely N-dealkylation sites (tertiary alicyclic amines) is 1. The van der Waals surface area contributed by atoms with Crippen molar-refractivity contribution in [2.75, 3.05) is 13.1 Å². The van der Waals surface area contributed by atoms with Crippen LogP contribution >= 0.6 is 11.3 Å². The molecule has 1 aromatic carbocycles. The summed E-state index contributed by atoms with van der Waals surface area (Å²) in [7, 11) is 0. The van der Waals surface area contributed by atoms with Gasteiger partial charge in [-0.2, -0.15) is 0 Å². The minimum atomic E-state index is 0.552. The number of fused-ring (bicyclic) bond motifs is 1. The summed E-state index contributed by atoms with van der Waals surface area (Å²) in [4.78, 5) is 15.4. The van der Waals surface area contributed by atoms with Gasteiger partial charge in [-0.3, -0.25) is 4.90 Å². The van der Waals surface area contributed by atoms with Crippen LogP contribution in [0.25, 0.3) is 22.5 Å². The third-order valence-electron chi connectivity index (χ3n) is 5.04. The largest absolute Gasteiger partial charge is 0.463 e. The summed E-state index contributed by atoms with van der Waals surface area (Å²) in [5.74, 6) is 2.46. The summed E-state index contributed by atoms with van der Waals surface area (Å²) in [6, 6.07) is 12.1. The van der Waals surface area contributed by atoms with Gasteiger partial charge in [0.15, 0.2) is 5.76 Å². The lowest BCUT2D eigenvalue weighted by molar-refractivity contribution is 0.201. The van der Waals surface area contributed by atoms with E-state index in [4.69, 9.17) is 14.4 Å². The number of rotatable bonds is 4. The van der Waals surface area contributed by atoms with Gasteiger partial charge < -0.3 is 9.40 Å². The van der Waals surface area contributed by atoms with Crippen LogP contribution in [0.15, 0.2) is 52.5 Å². The molecule has 0 unspecified atom stereocenters. The van der Waals surface area contributed by atoms with Crippen molar-refractivity contribution in [2.24, 2.45) is 0 Å².